The van der Waals surface area contributed by atoms with Crippen molar-refractivity contribution >= 4 is 22.6 Å². The molecule has 0 spiro atoms. The van der Waals surface area contributed by atoms with Gasteiger partial charge in [0, 0.05) is 3.57 Å². The average Bonchev–Trinajstić information content (AvgIpc) is 2.04. The molecule has 0 N–H and O–H groups in total. The molecule has 0 saturated heterocycles. The van der Waals surface area contributed by atoms with E-state index >= 15 is 0 Å². The van der Waals surface area contributed by atoms with Gasteiger partial charge in [-0.15, -0.1) is 0 Å². The van der Waals surface area contributed by atoms with Crippen molar-refractivity contribution in [3.8, 4) is 0 Å². The van der Waals surface area contributed by atoms with Crippen molar-refractivity contribution in [1.29, 1.82) is 0 Å². The van der Waals surface area contributed by atoms with E-state index < -0.39 is 0 Å². The third-order valence-electron chi connectivity index (χ3n) is 1.91. The lowest BCUT2D eigenvalue weighted by atomic mass is 10.1. The van der Waals surface area contributed by atoms with E-state index in [0.717, 1.165) is 12.8 Å². The van der Waals surface area contributed by atoms with Crippen LogP contribution in [0.5, 0.6) is 0 Å². The lowest BCUT2D eigenvalue weighted by Gasteiger charge is -2.02. The first-order valence-electron chi connectivity index (χ1n) is 4.05. The summed E-state index contributed by atoms with van der Waals surface area (Å²) in [4.78, 5) is 0. The monoisotopic (exact) mass is 260 g/mol. The Hall–Kier alpha value is -0.0500. The summed E-state index contributed by atoms with van der Waals surface area (Å²) in [5.74, 6) is 0. The van der Waals surface area contributed by atoms with Crippen LogP contribution in [-0.4, -0.2) is 0 Å². The topological polar surface area (TPSA) is 0 Å². The summed E-state index contributed by atoms with van der Waals surface area (Å²) in [6.07, 6.45) is 2.28. The van der Waals surface area contributed by atoms with Gasteiger partial charge in [0.1, 0.15) is 0 Å². The Labute approximate surface area is 82.2 Å². The Bertz CT molecular complexity index is 241. The number of rotatable bonds is 2. The van der Waals surface area contributed by atoms with E-state index in [2.05, 4.69) is 54.6 Å². The molecule has 0 bridgehead atoms. The summed E-state index contributed by atoms with van der Waals surface area (Å²) in [5, 5.41) is 0. The van der Waals surface area contributed by atoms with Gasteiger partial charge >= 0.3 is 0 Å². The van der Waals surface area contributed by atoms with Crippen molar-refractivity contribution in [3.05, 3.63) is 32.9 Å². The predicted octanol–water partition coefficient (Wildman–Crippen LogP) is 3.42. The van der Waals surface area contributed by atoms with E-state index in [1.54, 1.807) is 0 Å². The maximum Gasteiger partial charge on any atom is 0.0164 e. The minimum atomic E-state index is 1.14. The first kappa shape index (κ1) is 9.04. The Morgan fingerprint density at radius 1 is 1.18 bits per heavy atom. The van der Waals surface area contributed by atoms with Crippen molar-refractivity contribution in [3.63, 3.8) is 0 Å². The normalized spacial score (nSPS) is 10.1. The molecule has 0 unspecified atom stereocenters. The molecule has 0 aliphatic heterocycles. The number of halogens is 1. The van der Waals surface area contributed by atoms with E-state index in [1.807, 2.05) is 0 Å². The standard InChI is InChI=1S/C10H13I/c1-3-8-5-6-9(4-2)10(11)7-8/h5-7H,3-4H2,1-2H3. The maximum absolute atomic E-state index is 2.41. The van der Waals surface area contributed by atoms with Gasteiger partial charge in [-0.25, -0.2) is 0 Å². The molecule has 0 fully saturated rings. The Morgan fingerprint density at radius 2 is 1.91 bits per heavy atom. The Morgan fingerprint density at radius 3 is 2.36 bits per heavy atom. The summed E-state index contributed by atoms with van der Waals surface area (Å²) in [5.41, 5.74) is 2.90. The SMILES string of the molecule is CCc1ccc(CC)c(I)c1. The van der Waals surface area contributed by atoms with Gasteiger partial charge in [-0.2, -0.15) is 0 Å². The molecule has 0 heterocycles. The van der Waals surface area contributed by atoms with Gasteiger partial charge in [0.25, 0.3) is 0 Å². The van der Waals surface area contributed by atoms with Crippen LogP contribution in [0.4, 0.5) is 0 Å². The van der Waals surface area contributed by atoms with Gasteiger partial charge in [0.05, 0.1) is 0 Å². The maximum atomic E-state index is 2.41. The first-order chi connectivity index (χ1) is 5.27. The van der Waals surface area contributed by atoms with Crippen molar-refractivity contribution in [2.45, 2.75) is 26.7 Å². The summed E-state index contributed by atoms with van der Waals surface area (Å²) in [6.45, 7) is 4.39. The summed E-state index contributed by atoms with van der Waals surface area (Å²) in [6, 6.07) is 6.74. The zero-order valence-electron chi connectivity index (χ0n) is 7.02. The second-order valence-corrected chi connectivity index (χ2v) is 3.80. The van der Waals surface area contributed by atoms with E-state index in [1.165, 1.54) is 14.7 Å². The molecule has 1 heteroatoms. The fraction of sp³-hybridized carbons (Fsp3) is 0.400. The molecule has 0 saturated carbocycles. The molecule has 11 heavy (non-hydrogen) atoms. The van der Waals surface area contributed by atoms with Crippen LogP contribution in [0.15, 0.2) is 18.2 Å². The highest BCUT2D eigenvalue weighted by Gasteiger charge is 1.96. The number of aryl methyl sites for hydroxylation is 2. The minimum Gasteiger partial charge on any atom is -0.0613 e. The second kappa shape index (κ2) is 4.10. The quantitative estimate of drug-likeness (QED) is 0.715. The highest BCUT2D eigenvalue weighted by molar-refractivity contribution is 14.1. The summed E-state index contributed by atoms with van der Waals surface area (Å²) < 4.78 is 1.41. The molecule has 0 atom stereocenters. The zero-order chi connectivity index (χ0) is 8.27. The van der Waals surface area contributed by atoms with Crippen LogP contribution in [0.1, 0.15) is 25.0 Å². The van der Waals surface area contributed by atoms with Gasteiger partial charge in [-0.3, -0.25) is 0 Å². The molecule has 1 aromatic carbocycles. The van der Waals surface area contributed by atoms with Gasteiger partial charge in [0.15, 0.2) is 0 Å². The molecule has 0 aliphatic rings. The Kier molecular flexibility index (Phi) is 3.37. The third-order valence-corrected chi connectivity index (χ3v) is 2.91. The Balaban J connectivity index is 2.99. The van der Waals surface area contributed by atoms with Gasteiger partial charge in [-0.1, -0.05) is 26.0 Å². The third kappa shape index (κ3) is 2.19. The molecular formula is C10H13I. The molecular weight excluding hydrogens is 247 g/mol. The highest BCUT2D eigenvalue weighted by Crippen LogP contribution is 2.15. The van der Waals surface area contributed by atoms with E-state index in [4.69, 9.17) is 0 Å². The first-order valence-corrected chi connectivity index (χ1v) is 5.13. The molecule has 0 nitrogen and oxygen atoms in total. The average molecular weight is 260 g/mol. The number of benzene rings is 1. The van der Waals surface area contributed by atoms with E-state index in [-0.39, 0.29) is 0 Å². The molecule has 1 rings (SSSR count). The largest absolute Gasteiger partial charge is 0.0613 e. The smallest absolute Gasteiger partial charge is 0.0164 e. The number of hydrogen-bond donors (Lipinski definition) is 0. The summed E-state index contributed by atoms with van der Waals surface area (Å²) in [7, 11) is 0. The molecule has 0 amide bonds. The van der Waals surface area contributed by atoms with Crippen LogP contribution >= 0.6 is 22.6 Å². The highest BCUT2D eigenvalue weighted by atomic mass is 127. The van der Waals surface area contributed by atoms with Crippen LogP contribution in [-0.2, 0) is 12.8 Å². The van der Waals surface area contributed by atoms with Gasteiger partial charge in [0.2, 0.25) is 0 Å². The van der Waals surface area contributed by atoms with Crippen LogP contribution < -0.4 is 0 Å². The van der Waals surface area contributed by atoms with Crippen LogP contribution in [0.3, 0.4) is 0 Å². The number of hydrogen-bond acceptors (Lipinski definition) is 0. The second-order valence-electron chi connectivity index (χ2n) is 2.63. The van der Waals surface area contributed by atoms with E-state index in [0.29, 0.717) is 0 Å². The van der Waals surface area contributed by atoms with Crippen molar-refractivity contribution in [1.82, 2.24) is 0 Å². The fourth-order valence-corrected chi connectivity index (χ4v) is 2.06. The van der Waals surface area contributed by atoms with Crippen molar-refractivity contribution < 1.29 is 0 Å². The predicted molar refractivity (Wildman–Crippen MR) is 57.9 cm³/mol. The lowest BCUT2D eigenvalue weighted by Crippen LogP contribution is -1.88. The molecule has 0 aliphatic carbocycles. The minimum absolute atomic E-state index is 1.14. The van der Waals surface area contributed by atoms with E-state index in [9.17, 15) is 0 Å². The van der Waals surface area contributed by atoms with Crippen LogP contribution in [0, 0.1) is 3.57 Å². The van der Waals surface area contributed by atoms with Crippen LogP contribution in [0.25, 0.3) is 0 Å². The van der Waals surface area contributed by atoms with Crippen molar-refractivity contribution in [2.24, 2.45) is 0 Å². The lowest BCUT2D eigenvalue weighted by molar-refractivity contribution is 1.09. The van der Waals surface area contributed by atoms with Crippen LogP contribution in [0.2, 0.25) is 0 Å². The van der Waals surface area contributed by atoms with Crippen molar-refractivity contribution in [2.75, 3.05) is 0 Å². The van der Waals surface area contributed by atoms with Gasteiger partial charge in [-0.05, 0) is 52.6 Å². The van der Waals surface area contributed by atoms with Gasteiger partial charge < -0.3 is 0 Å². The molecule has 0 aromatic heterocycles. The summed E-state index contributed by atoms with van der Waals surface area (Å²) >= 11 is 2.41. The fourth-order valence-electron chi connectivity index (χ4n) is 1.10. The molecule has 60 valence electrons. The molecule has 1 aromatic rings. The molecule has 0 radical (unpaired) electrons. The zero-order valence-corrected chi connectivity index (χ0v) is 9.18.